The summed E-state index contributed by atoms with van der Waals surface area (Å²) >= 11 is 0. The summed E-state index contributed by atoms with van der Waals surface area (Å²) < 4.78 is 0. The van der Waals surface area contributed by atoms with Crippen molar-refractivity contribution in [3.05, 3.63) is 83.0 Å². The van der Waals surface area contributed by atoms with Gasteiger partial charge in [-0.1, -0.05) is 73.2 Å². The second-order valence-corrected chi connectivity index (χ2v) is 6.81. The molecule has 0 aromatic heterocycles. The number of rotatable bonds is 3. The van der Waals surface area contributed by atoms with Crippen LogP contribution in [0.4, 0.5) is 0 Å². The van der Waals surface area contributed by atoms with Gasteiger partial charge in [-0.25, -0.2) is 0 Å². The van der Waals surface area contributed by atoms with Crippen LogP contribution in [0.1, 0.15) is 30.5 Å². The molecule has 0 saturated carbocycles. The van der Waals surface area contributed by atoms with E-state index in [1.807, 2.05) is 0 Å². The largest absolute Gasteiger partial charge is 2.00 e. The first-order valence-corrected chi connectivity index (χ1v) is 8.28. The maximum Gasteiger partial charge on any atom is 2.00 e. The maximum absolute atomic E-state index is 2.41. The van der Waals surface area contributed by atoms with E-state index in [4.69, 9.17) is 0 Å². The summed E-state index contributed by atoms with van der Waals surface area (Å²) in [6, 6.07) is 15.7. The second-order valence-electron chi connectivity index (χ2n) is 6.81. The first kappa shape index (κ1) is 22.4. The standard InChI is InChI=1S/C22H22.2ClH.Zr/c1-15-10-11-17(12-15)16(2)13-18-7-5-9-21-20-8-4-3-6-19(20)14-22(18)21;;;/h3-12,16-17H,13-14H2,1-2H3;2*1H;/q;;;+2/p-2. The third kappa shape index (κ3) is 4.38. The Kier molecular flexibility index (Phi) is 8.39. The fourth-order valence-corrected chi connectivity index (χ4v) is 3.93. The van der Waals surface area contributed by atoms with Crippen molar-refractivity contribution in [2.24, 2.45) is 11.8 Å². The minimum atomic E-state index is 0. The van der Waals surface area contributed by atoms with Crippen LogP contribution in [0.15, 0.2) is 66.3 Å². The Labute approximate surface area is 182 Å². The molecular weight excluding hydrogens is 426 g/mol. The van der Waals surface area contributed by atoms with E-state index in [0.717, 1.165) is 12.8 Å². The molecule has 0 spiro atoms. The SMILES string of the molecule is CC1=CC(C(C)Cc2cccc3c2Cc2ccccc2-3)C=C1.[Cl-].[Cl-].[Zr+2]. The van der Waals surface area contributed by atoms with Gasteiger partial charge >= 0.3 is 26.2 Å². The molecule has 0 N–H and O–H groups in total. The summed E-state index contributed by atoms with van der Waals surface area (Å²) in [4.78, 5) is 0. The zero-order valence-corrected chi connectivity index (χ0v) is 18.6. The molecule has 2 aliphatic carbocycles. The Morgan fingerprint density at radius 2 is 1.72 bits per heavy atom. The second kappa shape index (κ2) is 9.36. The van der Waals surface area contributed by atoms with E-state index in [-0.39, 0.29) is 51.0 Å². The van der Waals surface area contributed by atoms with Crippen molar-refractivity contribution < 1.29 is 51.0 Å². The van der Waals surface area contributed by atoms with Crippen molar-refractivity contribution in [1.82, 2.24) is 0 Å². The predicted octanol–water partition coefficient (Wildman–Crippen LogP) is -0.426. The molecule has 2 atom stereocenters. The van der Waals surface area contributed by atoms with E-state index in [1.54, 1.807) is 5.56 Å². The van der Waals surface area contributed by atoms with Gasteiger partial charge in [0.05, 0.1) is 0 Å². The molecule has 2 aliphatic rings. The van der Waals surface area contributed by atoms with Gasteiger partial charge in [0.1, 0.15) is 0 Å². The van der Waals surface area contributed by atoms with Crippen molar-refractivity contribution in [1.29, 1.82) is 0 Å². The van der Waals surface area contributed by atoms with Crippen LogP contribution in [0.5, 0.6) is 0 Å². The average molecular weight is 449 g/mol. The predicted molar refractivity (Wildman–Crippen MR) is 93.9 cm³/mol. The smallest absolute Gasteiger partial charge is 1.00 e. The third-order valence-electron chi connectivity index (χ3n) is 5.18. The number of benzene rings is 2. The van der Waals surface area contributed by atoms with E-state index in [0.29, 0.717) is 11.8 Å². The van der Waals surface area contributed by atoms with E-state index in [9.17, 15) is 0 Å². The van der Waals surface area contributed by atoms with Crippen LogP contribution in [0, 0.1) is 11.8 Å². The van der Waals surface area contributed by atoms with Crippen LogP contribution < -0.4 is 24.8 Å². The van der Waals surface area contributed by atoms with Gasteiger partial charge in [0, 0.05) is 0 Å². The molecule has 0 fully saturated rings. The van der Waals surface area contributed by atoms with Crippen molar-refractivity contribution in [2.45, 2.75) is 26.7 Å². The summed E-state index contributed by atoms with van der Waals surface area (Å²) in [7, 11) is 0. The van der Waals surface area contributed by atoms with E-state index in [1.165, 1.54) is 27.8 Å². The Balaban J connectivity index is 0.00000104. The zero-order chi connectivity index (χ0) is 15.1. The Bertz CT molecular complexity index is 792. The van der Waals surface area contributed by atoms with Crippen molar-refractivity contribution in [3.8, 4) is 11.1 Å². The molecule has 0 radical (unpaired) electrons. The fraction of sp³-hybridized carbons (Fsp3) is 0.273. The molecule has 3 heteroatoms. The van der Waals surface area contributed by atoms with Crippen molar-refractivity contribution in [2.75, 3.05) is 0 Å². The van der Waals surface area contributed by atoms with E-state index >= 15 is 0 Å². The summed E-state index contributed by atoms with van der Waals surface area (Å²) in [6.07, 6.45) is 9.28. The van der Waals surface area contributed by atoms with Gasteiger partial charge in [-0.05, 0) is 59.4 Å². The van der Waals surface area contributed by atoms with Crippen molar-refractivity contribution in [3.63, 3.8) is 0 Å². The maximum atomic E-state index is 2.41. The average Bonchev–Trinajstić information content (AvgIpc) is 3.12. The molecule has 2 aromatic rings. The van der Waals surface area contributed by atoms with Crippen LogP contribution in [0.25, 0.3) is 11.1 Å². The molecule has 0 heterocycles. The van der Waals surface area contributed by atoms with Crippen LogP contribution >= 0.6 is 0 Å². The monoisotopic (exact) mass is 446 g/mol. The number of hydrogen-bond donors (Lipinski definition) is 0. The van der Waals surface area contributed by atoms with Crippen LogP contribution in [0.3, 0.4) is 0 Å². The normalized spacial score (nSPS) is 17.4. The molecule has 25 heavy (non-hydrogen) atoms. The summed E-state index contributed by atoms with van der Waals surface area (Å²) in [6.45, 7) is 4.58. The van der Waals surface area contributed by atoms with Crippen LogP contribution in [-0.4, -0.2) is 0 Å². The molecular formula is C22H22Cl2Zr. The topological polar surface area (TPSA) is 0 Å². The van der Waals surface area contributed by atoms with Gasteiger partial charge in [-0.3, -0.25) is 0 Å². The molecule has 2 unspecified atom stereocenters. The molecule has 2 aromatic carbocycles. The molecule has 128 valence electrons. The minimum Gasteiger partial charge on any atom is -1.00 e. The number of allylic oxidation sites excluding steroid dienone is 4. The van der Waals surface area contributed by atoms with Gasteiger partial charge in [0.15, 0.2) is 0 Å². The van der Waals surface area contributed by atoms with Crippen LogP contribution in [-0.2, 0) is 39.0 Å². The van der Waals surface area contributed by atoms with Gasteiger partial charge in [0.25, 0.3) is 0 Å². The fourth-order valence-electron chi connectivity index (χ4n) is 3.93. The molecule has 0 amide bonds. The number of halogens is 2. The molecule has 0 bridgehead atoms. The first-order valence-electron chi connectivity index (χ1n) is 8.28. The number of hydrogen-bond acceptors (Lipinski definition) is 0. The first-order chi connectivity index (χ1) is 10.7. The van der Waals surface area contributed by atoms with Gasteiger partial charge in [-0.2, -0.15) is 0 Å². The quantitative estimate of drug-likeness (QED) is 0.511. The van der Waals surface area contributed by atoms with Gasteiger partial charge in [-0.15, -0.1) is 0 Å². The Morgan fingerprint density at radius 3 is 2.44 bits per heavy atom. The summed E-state index contributed by atoms with van der Waals surface area (Å²) in [5.74, 6) is 1.25. The van der Waals surface area contributed by atoms with Crippen molar-refractivity contribution >= 4 is 0 Å². The van der Waals surface area contributed by atoms with E-state index < -0.39 is 0 Å². The van der Waals surface area contributed by atoms with Gasteiger partial charge in [0.2, 0.25) is 0 Å². The summed E-state index contributed by atoms with van der Waals surface area (Å²) in [5.41, 5.74) is 8.86. The number of fused-ring (bicyclic) bond motifs is 3. The minimum absolute atomic E-state index is 0. The molecule has 4 rings (SSSR count). The van der Waals surface area contributed by atoms with E-state index in [2.05, 4.69) is 74.5 Å². The zero-order valence-electron chi connectivity index (χ0n) is 14.6. The molecule has 0 saturated heterocycles. The molecule has 0 aliphatic heterocycles. The molecule has 0 nitrogen and oxygen atoms in total. The Morgan fingerprint density at radius 1 is 1.00 bits per heavy atom. The van der Waals surface area contributed by atoms with Crippen LogP contribution in [0.2, 0.25) is 0 Å². The Hall–Kier alpha value is -0.617. The summed E-state index contributed by atoms with van der Waals surface area (Å²) in [5, 5.41) is 0. The van der Waals surface area contributed by atoms with Gasteiger partial charge < -0.3 is 24.8 Å². The third-order valence-corrected chi connectivity index (χ3v) is 5.18.